The molecule has 2 aromatic rings. The zero-order chi connectivity index (χ0) is 33.1. The molecule has 1 aromatic heterocycles. The van der Waals surface area contributed by atoms with E-state index in [0.717, 1.165) is 12.1 Å². The van der Waals surface area contributed by atoms with E-state index in [1.807, 2.05) is 35.8 Å². The summed E-state index contributed by atoms with van der Waals surface area (Å²) in [5, 5.41) is 6.15. The second kappa shape index (κ2) is 14.0. The van der Waals surface area contributed by atoms with Gasteiger partial charge in [-0.1, -0.05) is 24.6 Å². The van der Waals surface area contributed by atoms with Gasteiger partial charge >= 0.3 is 6.18 Å². The highest BCUT2D eigenvalue weighted by atomic mass is 35.5. The van der Waals surface area contributed by atoms with Gasteiger partial charge in [0, 0.05) is 81.4 Å². The number of pyridine rings is 1. The molecule has 1 aromatic carbocycles. The maximum atomic E-state index is 13.8. The van der Waals surface area contributed by atoms with Gasteiger partial charge in [0.05, 0.1) is 16.8 Å². The minimum Gasteiger partial charge on any atom is -0.363 e. The Kier molecular flexibility index (Phi) is 10.2. The Morgan fingerprint density at radius 1 is 1.17 bits per heavy atom. The molecule has 0 bridgehead atoms. The van der Waals surface area contributed by atoms with Gasteiger partial charge in [0.15, 0.2) is 5.72 Å². The fraction of sp³-hybridized carbons (Fsp3) is 0.469. The van der Waals surface area contributed by atoms with E-state index >= 15 is 0 Å². The summed E-state index contributed by atoms with van der Waals surface area (Å²) in [5.41, 5.74) is -1.26. The largest absolute Gasteiger partial charge is 0.417 e. The number of piperazine rings is 1. The van der Waals surface area contributed by atoms with Crippen LogP contribution >= 0.6 is 11.6 Å². The normalized spacial score (nSPS) is 22.5. The molecule has 0 aliphatic carbocycles. The van der Waals surface area contributed by atoms with Crippen LogP contribution in [0.3, 0.4) is 0 Å². The number of benzene rings is 1. The van der Waals surface area contributed by atoms with Gasteiger partial charge in [-0.15, -0.1) is 0 Å². The number of amides is 2. The molecular weight excluding hydrogens is 628 g/mol. The van der Waals surface area contributed by atoms with E-state index in [2.05, 4.69) is 15.6 Å². The number of ether oxygens (including phenoxy) is 1. The van der Waals surface area contributed by atoms with Crippen molar-refractivity contribution >= 4 is 23.4 Å². The Morgan fingerprint density at radius 3 is 2.61 bits per heavy atom. The quantitative estimate of drug-likeness (QED) is 0.366. The number of carbonyl (C=O) groups is 2. The van der Waals surface area contributed by atoms with Crippen LogP contribution in [0, 0.1) is 0 Å². The summed E-state index contributed by atoms with van der Waals surface area (Å²) in [4.78, 5) is 36.8. The molecule has 5 rings (SSSR count). The number of hydrogen-bond donors (Lipinski definition) is 2. The maximum absolute atomic E-state index is 13.8. The van der Waals surface area contributed by atoms with E-state index in [4.69, 9.17) is 16.3 Å². The lowest BCUT2D eigenvalue weighted by Gasteiger charge is -2.46. The highest BCUT2D eigenvalue weighted by Gasteiger charge is 2.41. The predicted molar refractivity (Wildman–Crippen MR) is 164 cm³/mol. The van der Waals surface area contributed by atoms with Gasteiger partial charge in [-0.05, 0) is 49.8 Å². The number of rotatable bonds is 10. The van der Waals surface area contributed by atoms with Crippen molar-refractivity contribution < 1.29 is 31.9 Å². The molecule has 2 atom stereocenters. The van der Waals surface area contributed by atoms with Crippen LogP contribution in [0.5, 0.6) is 0 Å². The average molecular weight is 665 g/mol. The molecule has 46 heavy (non-hydrogen) atoms. The van der Waals surface area contributed by atoms with Crippen molar-refractivity contribution in [3.05, 3.63) is 88.0 Å². The van der Waals surface area contributed by atoms with Crippen molar-refractivity contribution in [3.63, 3.8) is 0 Å². The average Bonchev–Trinajstić information content (AvgIpc) is 3.03. The summed E-state index contributed by atoms with van der Waals surface area (Å²) in [6, 6.07) is 6.44. The van der Waals surface area contributed by atoms with Crippen LogP contribution in [0.15, 0.2) is 66.3 Å². The third-order valence-electron chi connectivity index (χ3n) is 8.43. The van der Waals surface area contributed by atoms with Gasteiger partial charge in [0.1, 0.15) is 11.9 Å². The van der Waals surface area contributed by atoms with Gasteiger partial charge in [-0.25, -0.2) is 4.39 Å². The van der Waals surface area contributed by atoms with E-state index in [-0.39, 0.29) is 36.4 Å². The minimum atomic E-state index is -4.75. The number of nitrogens with zero attached hydrogens (tertiary/aromatic N) is 4. The molecule has 14 heteroatoms. The van der Waals surface area contributed by atoms with Gasteiger partial charge in [0.2, 0.25) is 0 Å². The lowest BCUT2D eigenvalue weighted by molar-refractivity contribution is -0.138. The number of carbonyl (C=O) groups excluding carboxylic acids is 2. The second-order valence-electron chi connectivity index (χ2n) is 11.4. The predicted octanol–water partition coefficient (Wildman–Crippen LogP) is 4.32. The molecule has 0 radical (unpaired) electrons. The number of hydrogen-bond acceptors (Lipinski definition) is 7. The fourth-order valence-electron chi connectivity index (χ4n) is 6.05. The summed E-state index contributed by atoms with van der Waals surface area (Å²) in [5.74, 6) is -1.13. The first-order chi connectivity index (χ1) is 22.0. The molecule has 2 saturated heterocycles. The van der Waals surface area contributed by atoms with Gasteiger partial charge in [-0.2, -0.15) is 13.2 Å². The Hall–Kier alpha value is -3.68. The summed E-state index contributed by atoms with van der Waals surface area (Å²) >= 11 is 5.83. The first-order valence-corrected chi connectivity index (χ1v) is 15.7. The van der Waals surface area contributed by atoms with E-state index in [1.165, 1.54) is 11.0 Å². The summed E-state index contributed by atoms with van der Waals surface area (Å²) in [6.07, 6.45) is 1.84. The van der Waals surface area contributed by atoms with Crippen molar-refractivity contribution in [2.45, 2.75) is 44.4 Å². The zero-order valence-electron chi connectivity index (χ0n) is 25.6. The Bertz CT molecular complexity index is 1480. The third-order valence-corrected chi connectivity index (χ3v) is 8.66. The van der Waals surface area contributed by atoms with E-state index in [0.29, 0.717) is 50.5 Å². The summed E-state index contributed by atoms with van der Waals surface area (Å²) < 4.78 is 60.9. The van der Waals surface area contributed by atoms with Crippen molar-refractivity contribution in [2.75, 3.05) is 52.4 Å². The number of allylic oxidation sites excluding steroid dienone is 1. The number of likely N-dealkylation sites (tertiary alicyclic amines) is 1. The van der Waals surface area contributed by atoms with Gasteiger partial charge in [-0.3, -0.25) is 19.5 Å². The van der Waals surface area contributed by atoms with Crippen LogP contribution in [0.2, 0.25) is 5.02 Å². The lowest BCUT2D eigenvalue weighted by Crippen LogP contribution is -2.57. The number of halogens is 5. The molecule has 0 saturated carbocycles. The van der Waals surface area contributed by atoms with Crippen LogP contribution in [0.25, 0.3) is 0 Å². The van der Waals surface area contributed by atoms with Crippen LogP contribution in [-0.4, -0.2) is 96.1 Å². The standard InChI is InChI=1S/C32H37ClF4N6O3/c1-3-24-20-42(30(45)25-8-7-22(33)16-26(25)32(35,36)37)14-15-43(24)27-9-10-31(46-4-2,21-6-5-11-38-17-21)40-28(27)29(44)39-12-13-41-18-23(34)19-41/h5-11,16-17,23-24,40H,3-4,12-15,18-20H2,1-2H3,(H,39,44)/t24-,31?/m1/s1. The minimum absolute atomic E-state index is 0.111. The van der Waals surface area contributed by atoms with Crippen molar-refractivity contribution in [1.82, 2.24) is 30.3 Å². The summed E-state index contributed by atoms with van der Waals surface area (Å²) in [7, 11) is 0. The van der Waals surface area contributed by atoms with Crippen LogP contribution < -0.4 is 10.6 Å². The monoisotopic (exact) mass is 664 g/mol. The molecule has 2 N–H and O–H groups in total. The molecule has 1 unspecified atom stereocenters. The SMILES string of the molecule is CCOC1(c2cccnc2)C=CC(N2CCN(C(=O)c3ccc(Cl)cc3C(F)(F)F)C[C@H]2CC)=C(C(=O)NCCN2CC(F)C2)N1. The Morgan fingerprint density at radius 2 is 1.96 bits per heavy atom. The molecule has 248 valence electrons. The third kappa shape index (κ3) is 7.16. The van der Waals surface area contributed by atoms with Crippen LogP contribution in [0.4, 0.5) is 17.6 Å². The highest BCUT2D eigenvalue weighted by Crippen LogP contribution is 2.36. The number of alkyl halides is 4. The zero-order valence-corrected chi connectivity index (χ0v) is 26.4. The topological polar surface area (TPSA) is 90.0 Å². The fourth-order valence-corrected chi connectivity index (χ4v) is 6.22. The lowest BCUT2D eigenvalue weighted by atomic mass is 9.97. The summed E-state index contributed by atoms with van der Waals surface area (Å²) in [6.45, 7) is 6.06. The first kappa shape index (κ1) is 33.7. The first-order valence-electron chi connectivity index (χ1n) is 15.3. The van der Waals surface area contributed by atoms with Crippen molar-refractivity contribution in [2.24, 2.45) is 0 Å². The smallest absolute Gasteiger partial charge is 0.363 e. The number of nitrogens with one attached hydrogen (secondary N) is 2. The van der Waals surface area contributed by atoms with Crippen LogP contribution in [-0.2, 0) is 21.4 Å². The molecular formula is C32H37ClF4N6O3. The maximum Gasteiger partial charge on any atom is 0.417 e. The van der Waals surface area contributed by atoms with E-state index in [9.17, 15) is 27.2 Å². The van der Waals surface area contributed by atoms with E-state index in [1.54, 1.807) is 24.5 Å². The molecule has 0 spiro atoms. The van der Waals surface area contributed by atoms with Gasteiger partial charge < -0.3 is 25.2 Å². The number of aromatic nitrogens is 1. The molecule has 4 heterocycles. The number of dihydropyridines is 1. The molecule has 9 nitrogen and oxygen atoms in total. The molecule has 2 amide bonds. The Balaban J connectivity index is 1.42. The van der Waals surface area contributed by atoms with Crippen molar-refractivity contribution in [1.29, 1.82) is 0 Å². The van der Waals surface area contributed by atoms with Crippen LogP contribution in [0.1, 0.15) is 41.8 Å². The second-order valence-corrected chi connectivity index (χ2v) is 11.9. The van der Waals surface area contributed by atoms with Crippen molar-refractivity contribution in [3.8, 4) is 0 Å². The molecule has 2 fully saturated rings. The van der Waals surface area contributed by atoms with Gasteiger partial charge in [0.25, 0.3) is 11.8 Å². The Labute approximate surface area is 270 Å². The molecule has 3 aliphatic heterocycles. The molecule has 3 aliphatic rings. The highest BCUT2D eigenvalue weighted by molar-refractivity contribution is 6.30. The van der Waals surface area contributed by atoms with E-state index < -0.39 is 41.0 Å².